The Morgan fingerprint density at radius 1 is 0.979 bits per heavy atom. The SMILES string of the molecule is CC(C)C[C@@H](NC(=O)c1ccccc1OCc1ncc(C(C)(C)C)o1)C(=O)N1CCC[C@@H]1C(=O)N1CCN(Cc2ccccc2)CC1. The summed E-state index contributed by atoms with van der Waals surface area (Å²) in [6.07, 6.45) is 3.54. The van der Waals surface area contributed by atoms with Gasteiger partial charge in [-0.25, -0.2) is 4.98 Å². The number of nitrogens with one attached hydrogen (secondary N) is 1. The van der Waals surface area contributed by atoms with Crippen LogP contribution in [0.4, 0.5) is 0 Å². The van der Waals surface area contributed by atoms with Crippen LogP contribution in [0.25, 0.3) is 0 Å². The maximum Gasteiger partial charge on any atom is 0.255 e. The number of nitrogens with zero attached hydrogens (tertiary/aromatic N) is 4. The maximum atomic E-state index is 14.1. The lowest BCUT2D eigenvalue weighted by Crippen LogP contribution is -2.57. The lowest BCUT2D eigenvalue weighted by atomic mass is 9.94. The van der Waals surface area contributed by atoms with E-state index in [1.54, 1.807) is 35.4 Å². The van der Waals surface area contributed by atoms with Crippen molar-refractivity contribution < 1.29 is 23.5 Å². The predicted molar refractivity (Wildman–Crippen MR) is 180 cm³/mol. The standard InChI is InChI=1S/C37H49N5O5/c1-26(2)22-29(39-34(43)28-14-9-10-16-31(28)46-25-33-38-23-32(47-33)37(3,4)5)35(44)42-17-11-15-30(42)36(45)41-20-18-40(19-21-41)24-27-12-7-6-8-13-27/h6-10,12-14,16,23,26,29-30H,11,15,17-22,24-25H2,1-5H3,(H,39,43)/t29-,30-/m1/s1. The third kappa shape index (κ3) is 8.80. The van der Waals surface area contributed by atoms with Crippen molar-refractivity contribution in [3.8, 4) is 5.75 Å². The van der Waals surface area contributed by atoms with Gasteiger partial charge in [-0.3, -0.25) is 19.3 Å². The number of rotatable bonds is 11. The van der Waals surface area contributed by atoms with Crippen LogP contribution < -0.4 is 10.1 Å². The minimum absolute atomic E-state index is 0.00438. The molecule has 0 spiro atoms. The van der Waals surface area contributed by atoms with E-state index in [0.29, 0.717) is 49.7 Å². The summed E-state index contributed by atoms with van der Waals surface area (Å²) < 4.78 is 11.8. The highest BCUT2D eigenvalue weighted by Gasteiger charge is 2.40. The van der Waals surface area contributed by atoms with Crippen LogP contribution in [0.2, 0.25) is 0 Å². The molecule has 2 saturated heterocycles. The molecule has 3 aromatic rings. The van der Waals surface area contributed by atoms with E-state index in [9.17, 15) is 14.4 Å². The number of oxazole rings is 1. The largest absolute Gasteiger partial charge is 0.483 e. The van der Waals surface area contributed by atoms with E-state index in [2.05, 4.69) is 27.3 Å². The van der Waals surface area contributed by atoms with Gasteiger partial charge in [-0.05, 0) is 42.9 Å². The van der Waals surface area contributed by atoms with Crippen LogP contribution >= 0.6 is 0 Å². The number of piperazine rings is 1. The summed E-state index contributed by atoms with van der Waals surface area (Å²) in [7, 11) is 0. The molecule has 3 heterocycles. The van der Waals surface area contributed by atoms with Gasteiger partial charge in [-0.15, -0.1) is 0 Å². The zero-order chi connectivity index (χ0) is 33.6. The first-order chi connectivity index (χ1) is 22.5. The minimum Gasteiger partial charge on any atom is -0.483 e. The summed E-state index contributed by atoms with van der Waals surface area (Å²) in [5.41, 5.74) is 1.40. The Labute approximate surface area is 278 Å². The summed E-state index contributed by atoms with van der Waals surface area (Å²) in [5, 5.41) is 2.99. The number of carbonyl (C=O) groups is 3. The van der Waals surface area contributed by atoms with Crippen molar-refractivity contribution in [1.82, 2.24) is 25.0 Å². The van der Waals surface area contributed by atoms with E-state index in [-0.39, 0.29) is 29.8 Å². The Morgan fingerprint density at radius 3 is 2.36 bits per heavy atom. The molecule has 0 unspecified atom stereocenters. The number of hydrogen-bond donors (Lipinski definition) is 1. The molecule has 10 heteroatoms. The van der Waals surface area contributed by atoms with E-state index in [4.69, 9.17) is 9.15 Å². The van der Waals surface area contributed by atoms with Crippen molar-refractivity contribution in [1.29, 1.82) is 0 Å². The third-order valence-electron chi connectivity index (χ3n) is 8.84. The fourth-order valence-corrected chi connectivity index (χ4v) is 6.24. The van der Waals surface area contributed by atoms with Crippen LogP contribution in [-0.4, -0.2) is 82.2 Å². The molecule has 2 aliphatic heterocycles. The molecule has 0 saturated carbocycles. The molecule has 2 fully saturated rings. The molecule has 5 rings (SSSR count). The van der Waals surface area contributed by atoms with E-state index in [1.807, 2.05) is 57.7 Å². The summed E-state index contributed by atoms with van der Waals surface area (Å²) in [6, 6.07) is 16.0. The fraction of sp³-hybridized carbons (Fsp3) is 0.514. The van der Waals surface area contributed by atoms with Crippen molar-refractivity contribution >= 4 is 17.7 Å². The average molecular weight is 644 g/mol. The van der Waals surface area contributed by atoms with E-state index >= 15 is 0 Å². The lowest BCUT2D eigenvalue weighted by Gasteiger charge is -2.38. The zero-order valence-electron chi connectivity index (χ0n) is 28.4. The molecule has 2 aromatic carbocycles. The van der Waals surface area contributed by atoms with Gasteiger partial charge in [0.25, 0.3) is 5.91 Å². The number of para-hydroxylation sites is 1. The van der Waals surface area contributed by atoms with Gasteiger partial charge in [-0.1, -0.05) is 77.1 Å². The van der Waals surface area contributed by atoms with Crippen molar-refractivity contribution in [3.05, 3.63) is 83.6 Å². The van der Waals surface area contributed by atoms with Crippen LogP contribution in [0.5, 0.6) is 5.75 Å². The number of benzene rings is 2. The second kappa shape index (κ2) is 15.2. The fourth-order valence-electron chi connectivity index (χ4n) is 6.24. The van der Waals surface area contributed by atoms with Gasteiger partial charge in [0.15, 0.2) is 6.61 Å². The molecule has 0 radical (unpaired) electrons. The number of hydrogen-bond acceptors (Lipinski definition) is 7. The Balaban J connectivity index is 1.21. The van der Waals surface area contributed by atoms with E-state index in [1.165, 1.54) is 5.56 Å². The van der Waals surface area contributed by atoms with Crippen molar-refractivity contribution in [2.75, 3.05) is 32.7 Å². The smallest absolute Gasteiger partial charge is 0.255 e. The number of likely N-dealkylation sites (tertiary alicyclic amines) is 1. The number of ether oxygens (including phenoxy) is 1. The van der Waals surface area contributed by atoms with Gasteiger partial charge in [0, 0.05) is 44.7 Å². The van der Waals surface area contributed by atoms with Crippen molar-refractivity contribution in [3.63, 3.8) is 0 Å². The summed E-state index contributed by atoms with van der Waals surface area (Å²) >= 11 is 0. The van der Waals surface area contributed by atoms with Crippen LogP contribution in [-0.2, 0) is 28.2 Å². The summed E-state index contributed by atoms with van der Waals surface area (Å²) in [6.45, 7) is 14.5. The molecular formula is C37H49N5O5. The van der Waals surface area contributed by atoms with Crippen LogP contribution in [0.15, 0.2) is 65.2 Å². The Bertz CT molecular complexity index is 1510. The molecule has 10 nitrogen and oxygen atoms in total. The highest BCUT2D eigenvalue weighted by atomic mass is 16.5. The average Bonchev–Trinajstić information content (AvgIpc) is 3.74. The summed E-state index contributed by atoms with van der Waals surface area (Å²) in [4.78, 5) is 51.8. The first kappa shape index (κ1) is 34.2. The monoisotopic (exact) mass is 643 g/mol. The molecule has 252 valence electrons. The topological polar surface area (TPSA) is 108 Å². The predicted octanol–water partition coefficient (Wildman–Crippen LogP) is 5.03. The Hall–Kier alpha value is -4.18. The third-order valence-corrected chi connectivity index (χ3v) is 8.84. The Kier molecular flexibility index (Phi) is 11.0. The molecule has 1 aromatic heterocycles. The maximum absolute atomic E-state index is 14.1. The molecule has 1 N–H and O–H groups in total. The molecule has 0 bridgehead atoms. The minimum atomic E-state index is -0.771. The molecule has 3 amide bonds. The van der Waals surface area contributed by atoms with Gasteiger partial charge in [0.2, 0.25) is 17.7 Å². The lowest BCUT2D eigenvalue weighted by molar-refractivity contribution is -0.146. The molecular weight excluding hydrogens is 594 g/mol. The highest BCUT2D eigenvalue weighted by Crippen LogP contribution is 2.26. The second-order valence-electron chi connectivity index (χ2n) is 14.1. The molecule has 2 atom stereocenters. The molecule has 2 aliphatic rings. The number of aromatic nitrogens is 1. The number of carbonyl (C=O) groups excluding carboxylic acids is 3. The van der Waals surface area contributed by atoms with Crippen LogP contribution in [0.3, 0.4) is 0 Å². The quantitative estimate of drug-likeness (QED) is 0.312. The highest BCUT2D eigenvalue weighted by molar-refractivity contribution is 6.00. The van der Waals surface area contributed by atoms with Crippen molar-refractivity contribution in [2.45, 2.75) is 84.5 Å². The normalized spacial score (nSPS) is 18.0. The van der Waals surface area contributed by atoms with Gasteiger partial charge in [0.05, 0.1) is 11.8 Å². The van der Waals surface area contributed by atoms with E-state index in [0.717, 1.165) is 31.8 Å². The van der Waals surface area contributed by atoms with Crippen molar-refractivity contribution in [2.24, 2.45) is 5.92 Å². The van der Waals surface area contributed by atoms with Gasteiger partial charge in [-0.2, -0.15) is 0 Å². The number of amides is 3. The van der Waals surface area contributed by atoms with Crippen LogP contribution in [0.1, 0.15) is 81.5 Å². The first-order valence-corrected chi connectivity index (χ1v) is 16.8. The van der Waals surface area contributed by atoms with Crippen LogP contribution in [0, 0.1) is 5.92 Å². The van der Waals surface area contributed by atoms with E-state index < -0.39 is 18.0 Å². The Morgan fingerprint density at radius 2 is 1.68 bits per heavy atom. The summed E-state index contributed by atoms with van der Waals surface area (Å²) in [5.74, 6) is 1.08. The van der Waals surface area contributed by atoms with Gasteiger partial charge < -0.3 is 24.3 Å². The molecule has 47 heavy (non-hydrogen) atoms. The zero-order valence-corrected chi connectivity index (χ0v) is 28.4. The van der Waals surface area contributed by atoms with Gasteiger partial charge in [0.1, 0.15) is 23.6 Å². The molecule has 0 aliphatic carbocycles. The van der Waals surface area contributed by atoms with Gasteiger partial charge >= 0.3 is 0 Å². The second-order valence-corrected chi connectivity index (χ2v) is 14.1. The first-order valence-electron chi connectivity index (χ1n) is 16.8.